The molecule has 0 amide bonds. The highest BCUT2D eigenvalue weighted by Gasteiger charge is 2.15. The van der Waals surface area contributed by atoms with Crippen LogP contribution in [-0.4, -0.2) is 7.11 Å². The number of halogens is 1. The fourth-order valence-corrected chi connectivity index (χ4v) is 2.50. The maximum absolute atomic E-state index is 13.0. The van der Waals surface area contributed by atoms with Gasteiger partial charge in [-0.2, -0.15) is 0 Å². The van der Waals surface area contributed by atoms with Crippen molar-refractivity contribution < 1.29 is 9.13 Å². The maximum atomic E-state index is 13.0. The largest absolute Gasteiger partial charge is 0.496 e. The zero-order chi connectivity index (χ0) is 15.4. The Morgan fingerprint density at radius 3 is 2.29 bits per heavy atom. The molecular formula is C18H22FNO. The Kier molecular flexibility index (Phi) is 4.97. The summed E-state index contributed by atoms with van der Waals surface area (Å²) in [6, 6.07) is 13.0. The van der Waals surface area contributed by atoms with Gasteiger partial charge in [-0.05, 0) is 44.5 Å². The Hall–Kier alpha value is -1.87. The van der Waals surface area contributed by atoms with E-state index < -0.39 is 0 Å². The summed E-state index contributed by atoms with van der Waals surface area (Å²) >= 11 is 0. The van der Waals surface area contributed by atoms with Crippen LogP contribution >= 0.6 is 0 Å². The molecule has 0 saturated heterocycles. The zero-order valence-corrected chi connectivity index (χ0v) is 13.0. The SMILES string of the molecule is COc1ccc(C)cc1C(C)N[C@H](C)c1ccc(F)cc1. The number of benzene rings is 2. The van der Waals surface area contributed by atoms with Crippen LogP contribution in [0, 0.1) is 12.7 Å². The lowest BCUT2D eigenvalue weighted by atomic mass is 10.0. The van der Waals surface area contributed by atoms with E-state index in [2.05, 4.69) is 32.2 Å². The minimum Gasteiger partial charge on any atom is -0.496 e. The average molecular weight is 287 g/mol. The van der Waals surface area contributed by atoms with Crippen LogP contribution in [0.1, 0.15) is 42.6 Å². The fourth-order valence-electron chi connectivity index (χ4n) is 2.50. The monoisotopic (exact) mass is 287 g/mol. The summed E-state index contributed by atoms with van der Waals surface area (Å²) in [5.41, 5.74) is 3.40. The van der Waals surface area contributed by atoms with Crippen molar-refractivity contribution in [3.8, 4) is 5.75 Å². The number of ether oxygens (including phenoxy) is 1. The van der Waals surface area contributed by atoms with E-state index in [9.17, 15) is 4.39 Å². The van der Waals surface area contributed by atoms with Gasteiger partial charge < -0.3 is 10.1 Å². The summed E-state index contributed by atoms with van der Waals surface area (Å²) in [6.07, 6.45) is 0. The minimum atomic E-state index is -0.209. The number of hydrogen-bond donors (Lipinski definition) is 1. The lowest BCUT2D eigenvalue weighted by Gasteiger charge is -2.22. The molecule has 0 bridgehead atoms. The maximum Gasteiger partial charge on any atom is 0.123 e. The highest BCUT2D eigenvalue weighted by Crippen LogP contribution is 2.28. The summed E-state index contributed by atoms with van der Waals surface area (Å²) in [5, 5.41) is 3.53. The Morgan fingerprint density at radius 1 is 1.00 bits per heavy atom. The molecule has 0 aliphatic heterocycles. The van der Waals surface area contributed by atoms with Gasteiger partial charge in [0.2, 0.25) is 0 Å². The molecule has 0 heterocycles. The van der Waals surface area contributed by atoms with Crippen LogP contribution < -0.4 is 10.1 Å². The molecular weight excluding hydrogens is 265 g/mol. The third-order valence-corrected chi connectivity index (χ3v) is 3.72. The number of nitrogens with one attached hydrogen (secondary N) is 1. The van der Waals surface area contributed by atoms with Crippen molar-refractivity contribution in [2.24, 2.45) is 0 Å². The van der Waals surface area contributed by atoms with Gasteiger partial charge in [0.1, 0.15) is 11.6 Å². The van der Waals surface area contributed by atoms with E-state index in [1.54, 1.807) is 7.11 Å². The van der Waals surface area contributed by atoms with Crippen molar-refractivity contribution in [1.29, 1.82) is 0 Å². The molecule has 0 saturated carbocycles. The first-order chi connectivity index (χ1) is 10.0. The molecule has 0 aliphatic carbocycles. The molecule has 1 N–H and O–H groups in total. The molecule has 21 heavy (non-hydrogen) atoms. The predicted octanol–water partition coefficient (Wildman–Crippen LogP) is 4.55. The molecule has 0 fully saturated rings. The first kappa shape index (κ1) is 15.5. The summed E-state index contributed by atoms with van der Waals surface area (Å²) in [7, 11) is 1.68. The number of rotatable bonds is 5. The van der Waals surface area contributed by atoms with Gasteiger partial charge in [-0.3, -0.25) is 0 Å². The van der Waals surface area contributed by atoms with Gasteiger partial charge in [-0.15, -0.1) is 0 Å². The Labute approximate surface area is 126 Å². The average Bonchev–Trinajstić information content (AvgIpc) is 2.47. The summed E-state index contributed by atoms with van der Waals surface area (Å²) in [4.78, 5) is 0. The van der Waals surface area contributed by atoms with Crippen LogP contribution in [0.3, 0.4) is 0 Å². The molecule has 2 nitrogen and oxygen atoms in total. The topological polar surface area (TPSA) is 21.3 Å². The molecule has 0 spiro atoms. The second kappa shape index (κ2) is 6.72. The van der Waals surface area contributed by atoms with Crippen LogP contribution in [0.2, 0.25) is 0 Å². The van der Waals surface area contributed by atoms with Gasteiger partial charge in [0.15, 0.2) is 0 Å². The third-order valence-electron chi connectivity index (χ3n) is 3.72. The first-order valence-electron chi connectivity index (χ1n) is 7.17. The molecule has 2 aromatic rings. The minimum absolute atomic E-state index is 0.130. The van der Waals surface area contributed by atoms with Crippen LogP contribution in [-0.2, 0) is 0 Å². The van der Waals surface area contributed by atoms with Gasteiger partial charge in [0, 0.05) is 17.6 Å². The molecule has 0 aromatic heterocycles. The van der Waals surface area contributed by atoms with Crippen LogP contribution in [0.5, 0.6) is 5.75 Å². The zero-order valence-electron chi connectivity index (χ0n) is 13.0. The second-order valence-corrected chi connectivity index (χ2v) is 5.41. The van der Waals surface area contributed by atoms with E-state index in [0.29, 0.717) is 0 Å². The van der Waals surface area contributed by atoms with Crippen LogP contribution in [0.15, 0.2) is 42.5 Å². The highest BCUT2D eigenvalue weighted by atomic mass is 19.1. The number of methoxy groups -OCH3 is 1. The smallest absolute Gasteiger partial charge is 0.123 e. The lowest BCUT2D eigenvalue weighted by molar-refractivity contribution is 0.396. The number of hydrogen-bond acceptors (Lipinski definition) is 2. The van der Waals surface area contributed by atoms with E-state index >= 15 is 0 Å². The van der Waals surface area contributed by atoms with E-state index in [1.165, 1.54) is 17.7 Å². The summed E-state index contributed by atoms with van der Waals surface area (Å²) < 4.78 is 18.4. The third kappa shape index (κ3) is 3.82. The molecule has 1 unspecified atom stereocenters. The van der Waals surface area contributed by atoms with Gasteiger partial charge >= 0.3 is 0 Å². The van der Waals surface area contributed by atoms with Crippen molar-refractivity contribution in [3.63, 3.8) is 0 Å². The Bertz CT molecular complexity index is 595. The second-order valence-electron chi connectivity index (χ2n) is 5.41. The normalized spacial score (nSPS) is 13.8. The van der Waals surface area contributed by atoms with Crippen molar-refractivity contribution in [3.05, 3.63) is 65.0 Å². The van der Waals surface area contributed by atoms with Gasteiger partial charge in [-0.1, -0.05) is 29.8 Å². The predicted molar refractivity (Wildman–Crippen MR) is 84.1 cm³/mol. The van der Waals surface area contributed by atoms with Gasteiger partial charge in [-0.25, -0.2) is 4.39 Å². The van der Waals surface area contributed by atoms with Gasteiger partial charge in [0.05, 0.1) is 7.11 Å². The highest BCUT2D eigenvalue weighted by molar-refractivity contribution is 5.39. The van der Waals surface area contributed by atoms with Gasteiger partial charge in [0.25, 0.3) is 0 Å². The van der Waals surface area contributed by atoms with E-state index in [4.69, 9.17) is 4.74 Å². The van der Waals surface area contributed by atoms with E-state index in [-0.39, 0.29) is 17.9 Å². The first-order valence-corrected chi connectivity index (χ1v) is 7.17. The molecule has 2 atom stereocenters. The Balaban J connectivity index is 2.15. The van der Waals surface area contributed by atoms with Crippen LogP contribution in [0.4, 0.5) is 4.39 Å². The number of aryl methyl sites for hydroxylation is 1. The van der Waals surface area contributed by atoms with E-state index in [0.717, 1.165) is 16.9 Å². The van der Waals surface area contributed by atoms with Crippen LogP contribution in [0.25, 0.3) is 0 Å². The van der Waals surface area contributed by atoms with E-state index in [1.807, 2.05) is 24.3 Å². The lowest BCUT2D eigenvalue weighted by Crippen LogP contribution is -2.23. The molecule has 0 radical (unpaired) electrons. The van der Waals surface area contributed by atoms with Crippen molar-refractivity contribution in [1.82, 2.24) is 5.32 Å². The summed E-state index contributed by atoms with van der Waals surface area (Å²) in [6.45, 7) is 6.25. The molecule has 112 valence electrons. The molecule has 3 heteroatoms. The van der Waals surface area contributed by atoms with Crippen molar-refractivity contribution in [2.75, 3.05) is 7.11 Å². The molecule has 2 aromatic carbocycles. The standard InChI is InChI=1S/C18H22FNO/c1-12-5-10-18(21-4)17(11-12)14(3)20-13(2)15-6-8-16(19)9-7-15/h5-11,13-14,20H,1-4H3/t13-,14?/m1/s1. The fraction of sp³-hybridized carbons (Fsp3) is 0.333. The molecule has 2 rings (SSSR count). The Morgan fingerprint density at radius 2 is 1.67 bits per heavy atom. The summed E-state index contributed by atoms with van der Waals surface area (Å²) in [5.74, 6) is 0.672. The van der Waals surface area contributed by atoms with Crippen molar-refractivity contribution >= 4 is 0 Å². The quantitative estimate of drug-likeness (QED) is 0.870. The molecule has 0 aliphatic rings. The van der Waals surface area contributed by atoms with Crippen molar-refractivity contribution in [2.45, 2.75) is 32.9 Å².